The minimum atomic E-state index is -4.41. The molecule has 2 heterocycles. The van der Waals surface area contributed by atoms with Gasteiger partial charge < -0.3 is 15.0 Å². The quantitative estimate of drug-likeness (QED) is 0.638. The van der Waals surface area contributed by atoms with E-state index in [2.05, 4.69) is 32.2 Å². The van der Waals surface area contributed by atoms with Crippen molar-refractivity contribution in [3.63, 3.8) is 0 Å². The van der Waals surface area contributed by atoms with Gasteiger partial charge in [-0.15, -0.1) is 0 Å². The Morgan fingerprint density at radius 2 is 2.14 bits per heavy atom. The molecule has 1 saturated carbocycles. The van der Waals surface area contributed by atoms with Crippen molar-refractivity contribution >= 4 is 16.8 Å². The molecule has 0 saturated heterocycles. The van der Waals surface area contributed by atoms with Crippen LogP contribution in [0.2, 0.25) is 0 Å². The van der Waals surface area contributed by atoms with Crippen molar-refractivity contribution in [3.05, 3.63) is 59.9 Å². The molecule has 152 valence electrons. The molecular formula is C21H20F3N3O2. The van der Waals surface area contributed by atoms with Crippen molar-refractivity contribution in [3.8, 4) is 5.88 Å². The average molecular weight is 403 g/mol. The Morgan fingerprint density at radius 3 is 2.86 bits per heavy atom. The van der Waals surface area contributed by atoms with Gasteiger partial charge in [-0.3, -0.25) is 4.79 Å². The molecule has 3 unspecified atom stereocenters. The van der Waals surface area contributed by atoms with Crippen molar-refractivity contribution in [2.24, 2.45) is 5.92 Å². The average Bonchev–Trinajstić information content (AvgIpc) is 3.36. The van der Waals surface area contributed by atoms with E-state index < -0.39 is 12.8 Å². The first kappa shape index (κ1) is 19.3. The summed E-state index contributed by atoms with van der Waals surface area (Å²) in [5, 5.41) is 4.10. The van der Waals surface area contributed by atoms with E-state index in [-0.39, 0.29) is 29.7 Å². The SMILES string of the molecule is CC(NC(=O)C1CC1c1ccc2cc[nH]c2c1)c1ccc(OCC(F)(F)F)nc1. The lowest BCUT2D eigenvalue weighted by Gasteiger charge is -2.15. The van der Waals surface area contributed by atoms with Crippen LogP contribution in [0.3, 0.4) is 0 Å². The fourth-order valence-corrected chi connectivity index (χ4v) is 3.44. The van der Waals surface area contributed by atoms with E-state index in [4.69, 9.17) is 0 Å². The van der Waals surface area contributed by atoms with E-state index in [1.165, 1.54) is 12.3 Å². The molecule has 1 fully saturated rings. The predicted octanol–water partition coefficient (Wildman–Crippen LogP) is 4.48. The van der Waals surface area contributed by atoms with Crippen LogP contribution >= 0.6 is 0 Å². The number of rotatable bonds is 6. The lowest BCUT2D eigenvalue weighted by atomic mass is 10.1. The molecule has 0 aliphatic heterocycles. The van der Waals surface area contributed by atoms with Crippen molar-refractivity contribution in [1.29, 1.82) is 0 Å². The Balaban J connectivity index is 1.32. The minimum absolute atomic E-state index is 0.0357. The Morgan fingerprint density at radius 1 is 1.31 bits per heavy atom. The minimum Gasteiger partial charge on any atom is -0.468 e. The van der Waals surface area contributed by atoms with Crippen LogP contribution in [0.4, 0.5) is 13.2 Å². The molecule has 1 aromatic carbocycles. The van der Waals surface area contributed by atoms with Gasteiger partial charge in [0.25, 0.3) is 0 Å². The van der Waals surface area contributed by atoms with Crippen molar-refractivity contribution < 1.29 is 22.7 Å². The summed E-state index contributed by atoms with van der Waals surface area (Å²) in [6.07, 6.45) is -0.304. The molecular weight excluding hydrogens is 383 g/mol. The Labute approximate surface area is 165 Å². The molecule has 5 nitrogen and oxygen atoms in total. The summed E-state index contributed by atoms with van der Waals surface area (Å²) in [6, 6.07) is 10.9. The molecule has 1 amide bonds. The van der Waals surface area contributed by atoms with Crippen molar-refractivity contribution in [1.82, 2.24) is 15.3 Å². The smallest absolute Gasteiger partial charge is 0.422 e. The largest absolute Gasteiger partial charge is 0.468 e. The van der Waals surface area contributed by atoms with Gasteiger partial charge >= 0.3 is 6.18 Å². The second kappa shape index (κ2) is 7.42. The summed E-state index contributed by atoms with van der Waals surface area (Å²) in [5.74, 6) is -0.0172. The van der Waals surface area contributed by atoms with Gasteiger partial charge in [0.15, 0.2) is 6.61 Å². The van der Waals surface area contributed by atoms with Gasteiger partial charge in [0, 0.05) is 29.9 Å². The molecule has 3 aromatic rings. The molecule has 2 aromatic heterocycles. The number of carbonyl (C=O) groups excluding carboxylic acids is 1. The molecule has 3 atom stereocenters. The van der Waals surface area contributed by atoms with Gasteiger partial charge in [0.05, 0.1) is 6.04 Å². The fraction of sp³-hybridized carbons (Fsp3) is 0.333. The van der Waals surface area contributed by atoms with Gasteiger partial charge in [0.2, 0.25) is 11.8 Å². The maximum Gasteiger partial charge on any atom is 0.422 e. The van der Waals surface area contributed by atoms with E-state index in [9.17, 15) is 18.0 Å². The number of hydrogen-bond acceptors (Lipinski definition) is 3. The van der Waals surface area contributed by atoms with Gasteiger partial charge in [-0.2, -0.15) is 13.2 Å². The zero-order valence-electron chi connectivity index (χ0n) is 15.7. The first-order chi connectivity index (χ1) is 13.8. The Bertz CT molecular complexity index is 1010. The molecule has 0 bridgehead atoms. The molecule has 4 rings (SSSR count). The number of aromatic amines is 1. The number of ether oxygens (including phenoxy) is 1. The van der Waals surface area contributed by atoms with Crippen LogP contribution in [0, 0.1) is 5.92 Å². The maximum atomic E-state index is 12.6. The topological polar surface area (TPSA) is 67.0 Å². The first-order valence-corrected chi connectivity index (χ1v) is 9.33. The highest BCUT2D eigenvalue weighted by atomic mass is 19.4. The monoisotopic (exact) mass is 403 g/mol. The van der Waals surface area contributed by atoms with Gasteiger partial charge in [-0.1, -0.05) is 18.2 Å². The highest BCUT2D eigenvalue weighted by Crippen LogP contribution is 2.48. The highest BCUT2D eigenvalue weighted by Gasteiger charge is 2.44. The number of nitrogens with one attached hydrogen (secondary N) is 2. The van der Waals surface area contributed by atoms with Crippen molar-refractivity contribution in [2.75, 3.05) is 6.61 Å². The number of alkyl halides is 3. The highest BCUT2D eigenvalue weighted by molar-refractivity contribution is 5.84. The van der Waals surface area contributed by atoms with E-state index in [0.29, 0.717) is 5.56 Å². The van der Waals surface area contributed by atoms with Gasteiger partial charge in [-0.05, 0) is 47.9 Å². The summed E-state index contributed by atoms with van der Waals surface area (Å²) >= 11 is 0. The van der Waals surface area contributed by atoms with E-state index in [1.807, 2.05) is 25.3 Å². The van der Waals surface area contributed by atoms with E-state index >= 15 is 0 Å². The Hall–Kier alpha value is -3.03. The number of benzene rings is 1. The number of nitrogens with zero attached hydrogens (tertiary/aromatic N) is 1. The van der Waals surface area contributed by atoms with Crippen LogP contribution in [0.5, 0.6) is 5.88 Å². The van der Waals surface area contributed by atoms with Crippen LogP contribution in [-0.4, -0.2) is 28.7 Å². The number of H-pyrrole nitrogens is 1. The molecule has 0 spiro atoms. The molecule has 2 N–H and O–H groups in total. The summed E-state index contributed by atoms with van der Waals surface area (Å²) < 4.78 is 41.2. The summed E-state index contributed by atoms with van der Waals surface area (Å²) in [4.78, 5) is 19.6. The lowest BCUT2D eigenvalue weighted by molar-refractivity contribution is -0.154. The second-order valence-corrected chi connectivity index (χ2v) is 7.34. The third-order valence-corrected chi connectivity index (χ3v) is 5.14. The van der Waals surface area contributed by atoms with E-state index in [0.717, 1.165) is 22.9 Å². The first-order valence-electron chi connectivity index (χ1n) is 9.33. The molecule has 0 radical (unpaired) electrons. The molecule has 8 heteroatoms. The number of halogens is 3. The summed E-state index contributed by atoms with van der Waals surface area (Å²) in [5.41, 5.74) is 2.89. The van der Waals surface area contributed by atoms with E-state index in [1.54, 1.807) is 6.07 Å². The zero-order valence-corrected chi connectivity index (χ0v) is 15.7. The normalized spacial score (nSPS) is 19.7. The molecule has 1 aliphatic carbocycles. The standard InChI is InChI=1S/C21H20F3N3O2/c1-12(15-4-5-19(26-10-15)29-11-21(22,23)24)27-20(28)17-9-16(17)14-3-2-13-6-7-25-18(13)8-14/h2-8,10,12,16-17,25H,9,11H2,1H3,(H,27,28). The second-order valence-electron chi connectivity index (χ2n) is 7.34. The number of carbonyl (C=O) groups is 1. The maximum absolute atomic E-state index is 12.6. The third-order valence-electron chi connectivity index (χ3n) is 5.14. The zero-order chi connectivity index (χ0) is 20.6. The van der Waals surface area contributed by atoms with Crippen molar-refractivity contribution in [2.45, 2.75) is 31.5 Å². The molecule has 1 aliphatic rings. The lowest BCUT2D eigenvalue weighted by Crippen LogP contribution is -2.28. The number of amides is 1. The van der Waals surface area contributed by atoms with Gasteiger partial charge in [-0.25, -0.2) is 4.98 Å². The van der Waals surface area contributed by atoms with Gasteiger partial charge in [0.1, 0.15) is 0 Å². The van der Waals surface area contributed by atoms with Crippen LogP contribution in [0.25, 0.3) is 10.9 Å². The molecule has 29 heavy (non-hydrogen) atoms. The Kier molecular flexibility index (Phi) is 4.94. The number of pyridine rings is 1. The number of fused-ring (bicyclic) bond motifs is 1. The third kappa shape index (κ3) is 4.52. The number of aromatic nitrogens is 2. The van der Waals surface area contributed by atoms with Crippen LogP contribution in [-0.2, 0) is 4.79 Å². The number of hydrogen-bond donors (Lipinski definition) is 2. The van der Waals surface area contributed by atoms with Crippen LogP contribution in [0.15, 0.2) is 48.8 Å². The van der Waals surface area contributed by atoms with Crippen LogP contribution < -0.4 is 10.1 Å². The predicted molar refractivity (Wildman–Crippen MR) is 101 cm³/mol. The summed E-state index contributed by atoms with van der Waals surface area (Å²) in [7, 11) is 0. The fourth-order valence-electron chi connectivity index (χ4n) is 3.44. The summed E-state index contributed by atoms with van der Waals surface area (Å²) in [6.45, 7) is 0.427. The van der Waals surface area contributed by atoms with Crippen LogP contribution in [0.1, 0.15) is 36.4 Å².